The van der Waals surface area contributed by atoms with Crippen LogP contribution in [-0.4, -0.2) is 0 Å². The Labute approximate surface area is 67.3 Å². The third-order valence-electron chi connectivity index (χ3n) is 1.55. The molecule has 0 amide bonds. The van der Waals surface area contributed by atoms with Crippen LogP contribution >= 0.6 is 11.3 Å². The number of nitrogens with two attached hydrogens (primary N) is 1. The van der Waals surface area contributed by atoms with Gasteiger partial charge < -0.3 is 5.73 Å². The van der Waals surface area contributed by atoms with E-state index in [2.05, 4.69) is 0 Å². The largest absolute Gasteiger partial charge is 0.399 e. The fourth-order valence-electron chi connectivity index (χ4n) is 1.02. The predicted molar refractivity (Wildman–Crippen MR) is 46.2 cm³/mol. The molecule has 1 aromatic carbocycles. The van der Waals surface area contributed by atoms with Crippen LogP contribution in [0.15, 0.2) is 23.6 Å². The van der Waals surface area contributed by atoms with Crippen molar-refractivity contribution in [2.24, 2.45) is 0 Å². The predicted octanol–water partition coefficient (Wildman–Crippen LogP) is 2.62. The van der Waals surface area contributed by atoms with Gasteiger partial charge in [-0.1, -0.05) is 0 Å². The Morgan fingerprint density at radius 1 is 1.36 bits per heavy atom. The van der Waals surface area contributed by atoms with Gasteiger partial charge in [0.05, 0.1) is 0 Å². The maximum Gasteiger partial charge on any atom is 0.141 e. The molecule has 0 aliphatic heterocycles. The highest BCUT2D eigenvalue weighted by atomic mass is 32.1. The van der Waals surface area contributed by atoms with Crippen molar-refractivity contribution in [1.29, 1.82) is 0 Å². The molecule has 1 nitrogen and oxygen atoms in total. The molecule has 2 aromatic rings. The standard InChI is InChI=1S/C8H6FNS/c9-7-4-11-8-2-1-5(10)3-6(7)8/h1-4H,10H2. The Morgan fingerprint density at radius 2 is 2.18 bits per heavy atom. The summed E-state index contributed by atoms with van der Waals surface area (Å²) in [6, 6.07) is 5.26. The molecule has 0 saturated carbocycles. The Balaban J connectivity index is 2.87. The molecule has 0 aliphatic carbocycles. The molecule has 1 heterocycles. The average molecular weight is 167 g/mol. The van der Waals surface area contributed by atoms with Crippen LogP contribution in [0.25, 0.3) is 10.1 Å². The van der Waals surface area contributed by atoms with Crippen molar-refractivity contribution in [3.63, 3.8) is 0 Å². The fraction of sp³-hybridized carbons (Fsp3) is 0. The molecule has 0 radical (unpaired) electrons. The lowest BCUT2D eigenvalue weighted by molar-refractivity contribution is 0.644. The number of rotatable bonds is 0. The van der Waals surface area contributed by atoms with Gasteiger partial charge in [-0.2, -0.15) is 0 Å². The van der Waals surface area contributed by atoms with Gasteiger partial charge in [0.25, 0.3) is 0 Å². The molecular weight excluding hydrogens is 161 g/mol. The van der Waals surface area contributed by atoms with Crippen LogP contribution in [0.3, 0.4) is 0 Å². The second kappa shape index (κ2) is 2.20. The number of hydrogen-bond donors (Lipinski definition) is 1. The number of halogens is 1. The maximum absolute atomic E-state index is 12.9. The number of anilines is 1. The third kappa shape index (κ3) is 0.973. The fourth-order valence-corrected chi connectivity index (χ4v) is 1.80. The molecule has 0 aliphatic rings. The Hall–Kier alpha value is -1.09. The summed E-state index contributed by atoms with van der Waals surface area (Å²) >= 11 is 1.39. The van der Waals surface area contributed by atoms with E-state index in [0.717, 1.165) is 4.70 Å². The molecule has 56 valence electrons. The van der Waals surface area contributed by atoms with Gasteiger partial charge in [-0.05, 0) is 18.2 Å². The molecule has 0 saturated heterocycles. The lowest BCUT2D eigenvalue weighted by Crippen LogP contribution is -1.82. The SMILES string of the molecule is Nc1ccc2scc(F)c2c1. The quantitative estimate of drug-likeness (QED) is 0.600. The van der Waals surface area contributed by atoms with Gasteiger partial charge in [0.1, 0.15) is 5.82 Å². The zero-order valence-corrected chi connectivity index (χ0v) is 6.49. The average Bonchev–Trinajstić information content (AvgIpc) is 2.33. The molecular formula is C8H6FNS. The lowest BCUT2D eigenvalue weighted by Gasteiger charge is -1.91. The number of nitrogen functional groups attached to an aromatic ring is 1. The van der Waals surface area contributed by atoms with Crippen LogP contribution in [0, 0.1) is 5.82 Å². The van der Waals surface area contributed by atoms with E-state index >= 15 is 0 Å². The van der Waals surface area contributed by atoms with E-state index in [0.29, 0.717) is 11.1 Å². The Morgan fingerprint density at radius 3 is 3.00 bits per heavy atom. The summed E-state index contributed by atoms with van der Waals surface area (Å²) in [5.74, 6) is -0.183. The second-order valence-corrected chi connectivity index (χ2v) is 3.25. The van der Waals surface area contributed by atoms with Gasteiger partial charge in [-0.3, -0.25) is 0 Å². The summed E-state index contributed by atoms with van der Waals surface area (Å²) < 4.78 is 13.8. The van der Waals surface area contributed by atoms with E-state index in [4.69, 9.17) is 5.73 Å². The van der Waals surface area contributed by atoms with Gasteiger partial charge in [0.15, 0.2) is 0 Å². The monoisotopic (exact) mass is 167 g/mol. The summed E-state index contributed by atoms with van der Waals surface area (Å²) in [5.41, 5.74) is 6.10. The second-order valence-electron chi connectivity index (χ2n) is 2.34. The molecule has 0 atom stereocenters. The first-order chi connectivity index (χ1) is 5.27. The number of hydrogen-bond acceptors (Lipinski definition) is 2. The van der Waals surface area contributed by atoms with Gasteiger partial charge in [0, 0.05) is 21.2 Å². The van der Waals surface area contributed by atoms with Crippen molar-refractivity contribution in [3.8, 4) is 0 Å². The zero-order valence-electron chi connectivity index (χ0n) is 5.67. The zero-order chi connectivity index (χ0) is 7.84. The molecule has 0 fully saturated rings. The first-order valence-electron chi connectivity index (χ1n) is 3.19. The summed E-state index contributed by atoms with van der Waals surface area (Å²) in [5, 5.41) is 2.11. The van der Waals surface area contributed by atoms with E-state index < -0.39 is 0 Å². The summed E-state index contributed by atoms with van der Waals surface area (Å²) in [6.45, 7) is 0. The van der Waals surface area contributed by atoms with Gasteiger partial charge in [0.2, 0.25) is 0 Å². The lowest BCUT2D eigenvalue weighted by atomic mass is 10.2. The normalized spacial score (nSPS) is 10.6. The van der Waals surface area contributed by atoms with E-state index in [1.54, 1.807) is 12.1 Å². The van der Waals surface area contributed by atoms with Crippen molar-refractivity contribution in [2.45, 2.75) is 0 Å². The van der Waals surface area contributed by atoms with Crippen molar-refractivity contribution in [1.82, 2.24) is 0 Å². The highest BCUT2D eigenvalue weighted by molar-refractivity contribution is 7.17. The Kier molecular flexibility index (Phi) is 1.32. The molecule has 0 unspecified atom stereocenters. The minimum atomic E-state index is -0.183. The molecule has 2 rings (SSSR count). The minimum Gasteiger partial charge on any atom is -0.399 e. The van der Waals surface area contributed by atoms with Crippen LogP contribution in [0.1, 0.15) is 0 Å². The highest BCUT2D eigenvalue weighted by Crippen LogP contribution is 2.25. The number of thiophene rings is 1. The van der Waals surface area contributed by atoms with Crippen LogP contribution in [0.2, 0.25) is 0 Å². The third-order valence-corrected chi connectivity index (χ3v) is 2.49. The molecule has 0 spiro atoms. The van der Waals surface area contributed by atoms with Gasteiger partial charge >= 0.3 is 0 Å². The summed E-state index contributed by atoms with van der Waals surface area (Å²) in [4.78, 5) is 0. The number of fused-ring (bicyclic) bond motifs is 1. The first kappa shape index (κ1) is 6.61. The van der Waals surface area contributed by atoms with E-state index in [1.165, 1.54) is 16.7 Å². The first-order valence-corrected chi connectivity index (χ1v) is 4.07. The summed E-state index contributed by atoms with van der Waals surface area (Å²) in [7, 11) is 0. The summed E-state index contributed by atoms with van der Waals surface area (Å²) in [6.07, 6.45) is 0. The smallest absolute Gasteiger partial charge is 0.141 e. The molecule has 3 heteroatoms. The van der Waals surface area contributed by atoms with Crippen molar-refractivity contribution < 1.29 is 4.39 Å². The van der Waals surface area contributed by atoms with Crippen LogP contribution < -0.4 is 5.73 Å². The van der Waals surface area contributed by atoms with Gasteiger partial charge in [-0.25, -0.2) is 4.39 Å². The molecule has 1 aromatic heterocycles. The topological polar surface area (TPSA) is 26.0 Å². The van der Waals surface area contributed by atoms with Crippen LogP contribution in [0.5, 0.6) is 0 Å². The van der Waals surface area contributed by atoms with Gasteiger partial charge in [-0.15, -0.1) is 11.3 Å². The molecule has 0 bridgehead atoms. The van der Waals surface area contributed by atoms with Crippen LogP contribution in [0.4, 0.5) is 10.1 Å². The highest BCUT2D eigenvalue weighted by Gasteiger charge is 2.01. The van der Waals surface area contributed by atoms with Crippen molar-refractivity contribution in [2.75, 3.05) is 5.73 Å². The van der Waals surface area contributed by atoms with Crippen molar-refractivity contribution in [3.05, 3.63) is 29.4 Å². The van der Waals surface area contributed by atoms with E-state index in [1.807, 2.05) is 6.07 Å². The van der Waals surface area contributed by atoms with Crippen molar-refractivity contribution >= 4 is 27.1 Å². The Bertz CT molecular complexity index is 394. The van der Waals surface area contributed by atoms with Crippen LogP contribution in [-0.2, 0) is 0 Å². The molecule has 11 heavy (non-hydrogen) atoms. The number of benzene rings is 1. The van der Waals surface area contributed by atoms with E-state index in [-0.39, 0.29) is 5.82 Å². The molecule has 2 N–H and O–H groups in total. The maximum atomic E-state index is 12.9. The minimum absolute atomic E-state index is 0.183. The van der Waals surface area contributed by atoms with E-state index in [9.17, 15) is 4.39 Å².